The molecule has 0 bridgehead atoms. The molecule has 4 heteroatoms. The summed E-state index contributed by atoms with van der Waals surface area (Å²) in [6, 6.07) is 5.18. The number of aliphatic hydroxyl groups is 1. The lowest BCUT2D eigenvalue weighted by Gasteiger charge is -2.16. The molecule has 14 heavy (non-hydrogen) atoms. The first-order valence-electron chi connectivity index (χ1n) is 4.22. The third kappa shape index (κ3) is 3.42. The zero-order chi connectivity index (χ0) is 10.6. The number of nitrogens with zero attached hydrogens (tertiary/aromatic N) is 2. The monoisotopic (exact) mass is 192 g/mol. The molecule has 1 aromatic heterocycles. The van der Waals surface area contributed by atoms with Crippen molar-refractivity contribution in [3.05, 3.63) is 23.9 Å². The van der Waals surface area contributed by atoms with Crippen LogP contribution in [0.2, 0.25) is 0 Å². The Morgan fingerprint density at radius 1 is 1.57 bits per heavy atom. The van der Waals surface area contributed by atoms with Gasteiger partial charge in [0.25, 0.3) is 0 Å². The van der Waals surface area contributed by atoms with Gasteiger partial charge in [0.05, 0.1) is 11.2 Å². The van der Waals surface area contributed by atoms with E-state index in [9.17, 15) is 5.11 Å². The minimum absolute atomic E-state index is 0.173. The van der Waals surface area contributed by atoms with Crippen LogP contribution in [-0.2, 0) is 0 Å². The lowest BCUT2D eigenvalue weighted by molar-refractivity contribution is 0.0268. The standard InChI is InChI=1S/C10H12N2O2/c1-10(2,13)7-14-9-4-3-8(5-11)6-12-9/h3-4,6,13H,7H2,1-2H3. The van der Waals surface area contributed by atoms with E-state index in [1.165, 1.54) is 6.20 Å². The first-order chi connectivity index (χ1) is 6.51. The molecule has 0 aromatic carbocycles. The van der Waals surface area contributed by atoms with Gasteiger partial charge in [0, 0.05) is 12.3 Å². The fourth-order valence-corrected chi connectivity index (χ4v) is 0.782. The highest BCUT2D eigenvalue weighted by atomic mass is 16.5. The molecule has 0 aliphatic heterocycles. The van der Waals surface area contributed by atoms with Crippen LogP contribution in [0.3, 0.4) is 0 Å². The Labute approximate surface area is 82.8 Å². The first-order valence-corrected chi connectivity index (χ1v) is 4.22. The summed E-state index contributed by atoms with van der Waals surface area (Å²) in [4.78, 5) is 3.90. The van der Waals surface area contributed by atoms with Crippen LogP contribution in [-0.4, -0.2) is 22.3 Å². The molecule has 0 saturated heterocycles. The van der Waals surface area contributed by atoms with Crippen molar-refractivity contribution in [2.45, 2.75) is 19.4 Å². The molecule has 0 aliphatic carbocycles. The van der Waals surface area contributed by atoms with Gasteiger partial charge in [-0.15, -0.1) is 0 Å². The second-order valence-corrected chi connectivity index (χ2v) is 3.60. The molecule has 0 unspecified atom stereocenters. The number of hydrogen-bond acceptors (Lipinski definition) is 4. The predicted molar refractivity (Wildman–Crippen MR) is 50.7 cm³/mol. The largest absolute Gasteiger partial charge is 0.475 e. The van der Waals surface area contributed by atoms with Crippen LogP contribution in [0.15, 0.2) is 18.3 Å². The predicted octanol–water partition coefficient (Wildman–Crippen LogP) is 1.10. The van der Waals surface area contributed by atoms with Gasteiger partial charge in [-0.1, -0.05) is 0 Å². The molecule has 1 aromatic rings. The molecular formula is C10H12N2O2. The normalized spacial score (nSPS) is 10.7. The second-order valence-electron chi connectivity index (χ2n) is 3.60. The summed E-state index contributed by atoms with van der Waals surface area (Å²) >= 11 is 0. The van der Waals surface area contributed by atoms with E-state index in [0.717, 1.165) is 0 Å². The molecule has 0 amide bonds. The van der Waals surface area contributed by atoms with Gasteiger partial charge in [0.2, 0.25) is 5.88 Å². The maximum atomic E-state index is 9.37. The Morgan fingerprint density at radius 2 is 2.29 bits per heavy atom. The van der Waals surface area contributed by atoms with E-state index in [1.54, 1.807) is 26.0 Å². The number of ether oxygens (including phenoxy) is 1. The van der Waals surface area contributed by atoms with Crippen molar-refractivity contribution in [1.29, 1.82) is 5.26 Å². The maximum absolute atomic E-state index is 9.37. The third-order valence-electron chi connectivity index (χ3n) is 1.44. The number of rotatable bonds is 3. The van der Waals surface area contributed by atoms with E-state index < -0.39 is 5.60 Å². The Balaban J connectivity index is 2.58. The Kier molecular flexibility index (Phi) is 3.05. The average molecular weight is 192 g/mol. The number of nitriles is 1. The SMILES string of the molecule is CC(C)(O)COc1ccc(C#N)cn1. The van der Waals surface area contributed by atoms with Crippen molar-refractivity contribution in [1.82, 2.24) is 4.98 Å². The van der Waals surface area contributed by atoms with Gasteiger partial charge in [-0.2, -0.15) is 5.26 Å². The molecule has 0 fully saturated rings. The Hall–Kier alpha value is -1.60. The van der Waals surface area contributed by atoms with Gasteiger partial charge in [-0.3, -0.25) is 0 Å². The van der Waals surface area contributed by atoms with E-state index in [0.29, 0.717) is 11.4 Å². The highest BCUT2D eigenvalue weighted by molar-refractivity contribution is 5.28. The highest BCUT2D eigenvalue weighted by Gasteiger charge is 2.13. The number of pyridine rings is 1. The van der Waals surface area contributed by atoms with Gasteiger partial charge >= 0.3 is 0 Å². The van der Waals surface area contributed by atoms with Gasteiger partial charge in [0.15, 0.2) is 0 Å². The van der Waals surface area contributed by atoms with Crippen molar-refractivity contribution in [2.24, 2.45) is 0 Å². The molecule has 1 rings (SSSR count). The summed E-state index contributed by atoms with van der Waals surface area (Å²) in [7, 11) is 0. The van der Waals surface area contributed by atoms with E-state index in [-0.39, 0.29) is 6.61 Å². The fourth-order valence-electron chi connectivity index (χ4n) is 0.782. The van der Waals surface area contributed by atoms with E-state index in [2.05, 4.69) is 4.98 Å². The summed E-state index contributed by atoms with van der Waals surface area (Å²) in [5, 5.41) is 17.9. The summed E-state index contributed by atoms with van der Waals surface area (Å²) in [5.41, 5.74) is -0.393. The zero-order valence-electron chi connectivity index (χ0n) is 8.19. The van der Waals surface area contributed by atoms with E-state index >= 15 is 0 Å². The minimum Gasteiger partial charge on any atom is -0.475 e. The van der Waals surface area contributed by atoms with Crippen LogP contribution in [0.5, 0.6) is 5.88 Å². The average Bonchev–Trinajstić information content (AvgIpc) is 2.14. The molecule has 0 spiro atoms. The van der Waals surface area contributed by atoms with Crippen molar-refractivity contribution < 1.29 is 9.84 Å². The van der Waals surface area contributed by atoms with Crippen molar-refractivity contribution in [3.8, 4) is 11.9 Å². The van der Waals surface area contributed by atoms with Crippen LogP contribution in [0.1, 0.15) is 19.4 Å². The number of aromatic nitrogens is 1. The molecule has 74 valence electrons. The quantitative estimate of drug-likeness (QED) is 0.778. The Morgan fingerprint density at radius 3 is 2.71 bits per heavy atom. The maximum Gasteiger partial charge on any atom is 0.213 e. The van der Waals surface area contributed by atoms with Crippen LogP contribution >= 0.6 is 0 Å². The third-order valence-corrected chi connectivity index (χ3v) is 1.44. The molecule has 1 N–H and O–H groups in total. The lowest BCUT2D eigenvalue weighted by Crippen LogP contribution is -2.28. The van der Waals surface area contributed by atoms with E-state index in [4.69, 9.17) is 10.00 Å². The van der Waals surface area contributed by atoms with Crippen LogP contribution in [0.4, 0.5) is 0 Å². The summed E-state index contributed by atoms with van der Waals surface area (Å²) in [5.74, 6) is 0.408. The topological polar surface area (TPSA) is 66.1 Å². The zero-order valence-corrected chi connectivity index (χ0v) is 8.19. The second kappa shape index (κ2) is 4.07. The van der Waals surface area contributed by atoms with Crippen LogP contribution in [0.25, 0.3) is 0 Å². The van der Waals surface area contributed by atoms with Gasteiger partial charge in [-0.25, -0.2) is 4.98 Å². The molecule has 0 atom stereocenters. The van der Waals surface area contributed by atoms with Gasteiger partial charge in [-0.05, 0) is 19.9 Å². The summed E-state index contributed by atoms with van der Waals surface area (Å²) < 4.78 is 5.20. The van der Waals surface area contributed by atoms with Crippen molar-refractivity contribution >= 4 is 0 Å². The molecule has 0 saturated carbocycles. The number of hydrogen-bond donors (Lipinski definition) is 1. The van der Waals surface area contributed by atoms with Crippen LogP contribution < -0.4 is 4.74 Å². The minimum atomic E-state index is -0.879. The molecule has 0 aliphatic rings. The summed E-state index contributed by atoms with van der Waals surface area (Å²) in [6.07, 6.45) is 1.43. The van der Waals surface area contributed by atoms with Crippen molar-refractivity contribution in [3.63, 3.8) is 0 Å². The van der Waals surface area contributed by atoms with Crippen LogP contribution in [0, 0.1) is 11.3 Å². The molecular weight excluding hydrogens is 180 g/mol. The highest BCUT2D eigenvalue weighted by Crippen LogP contribution is 2.09. The first kappa shape index (κ1) is 10.5. The molecule has 0 radical (unpaired) electrons. The Bertz CT molecular complexity index is 333. The van der Waals surface area contributed by atoms with E-state index in [1.807, 2.05) is 6.07 Å². The summed E-state index contributed by atoms with van der Waals surface area (Å²) in [6.45, 7) is 3.47. The van der Waals surface area contributed by atoms with Gasteiger partial charge < -0.3 is 9.84 Å². The lowest BCUT2D eigenvalue weighted by atomic mass is 10.2. The smallest absolute Gasteiger partial charge is 0.213 e. The molecule has 4 nitrogen and oxygen atoms in total. The van der Waals surface area contributed by atoms with Gasteiger partial charge in [0.1, 0.15) is 12.7 Å². The fraction of sp³-hybridized carbons (Fsp3) is 0.400. The molecule has 1 heterocycles. The van der Waals surface area contributed by atoms with Crippen molar-refractivity contribution in [2.75, 3.05) is 6.61 Å².